The zero-order chi connectivity index (χ0) is 12.5. The highest BCUT2D eigenvalue weighted by Gasteiger charge is 2.13. The van der Waals surface area contributed by atoms with Crippen molar-refractivity contribution in [1.29, 1.82) is 0 Å². The van der Waals surface area contributed by atoms with Gasteiger partial charge in [0.2, 0.25) is 0 Å². The van der Waals surface area contributed by atoms with Crippen LogP contribution in [-0.4, -0.2) is 20.2 Å². The molecular formula is C12H13N5O. The maximum absolute atomic E-state index is 11.0. The first-order chi connectivity index (χ1) is 8.74. The van der Waals surface area contributed by atoms with Crippen molar-refractivity contribution in [3.8, 4) is 0 Å². The van der Waals surface area contributed by atoms with Gasteiger partial charge in [0.25, 0.3) is 0 Å². The summed E-state index contributed by atoms with van der Waals surface area (Å²) in [4.78, 5) is 16.7. The first-order valence-corrected chi connectivity index (χ1v) is 5.69. The van der Waals surface area contributed by atoms with Gasteiger partial charge in [0.1, 0.15) is 5.82 Å². The van der Waals surface area contributed by atoms with Crippen LogP contribution in [0.3, 0.4) is 0 Å². The highest BCUT2D eigenvalue weighted by Crippen LogP contribution is 2.21. The maximum atomic E-state index is 11.0. The maximum Gasteiger partial charge on any atom is 0.340 e. The standard InChI is InChI=1S/C12H13N5O/c13-9(11-15-12(18)17-16-11)5-7-6-14-10-4-2-1-3-8(7)10/h1-4,6,9,14H,5,13H2,(H2,15,16,17,18)/t9-/m0/s1. The number of H-pyrrole nitrogens is 3. The molecule has 0 aliphatic carbocycles. The Morgan fingerprint density at radius 2 is 2.17 bits per heavy atom. The third kappa shape index (κ3) is 1.82. The van der Waals surface area contributed by atoms with E-state index in [-0.39, 0.29) is 11.7 Å². The van der Waals surface area contributed by atoms with E-state index in [9.17, 15) is 4.79 Å². The van der Waals surface area contributed by atoms with Gasteiger partial charge in [-0.1, -0.05) is 18.2 Å². The van der Waals surface area contributed by atoms with Gasteiger partial charge in [0.15, 0.2) is 0 Å². The van der Waals surface area contributed by atoms with E-state index in [0.29, 0.717) is 12.2 Å². The molecule has 5 N–H and O–H groups in total. The van der Waals surface area contributed by atoms with E-state index < -0.39 is 0 Å². The Morgan fingerprint density at radius 1 is 1.33 bits per heavy atom. The molecular weight excluding hydrogens is 230 g/mol. The second-order valence-electron chi connectivity index (χ2n) is 4.23. The summed E-state index contributed by atoms with van der Waals surface area (Å²) in [5.41, 5.74) is 7.88. The first-order valence-electron chi connectivity index (χ1n) is 5.69. The summed E-state index contributed by atoms with van der Waals surface area (Å²) >= 11 is 0. The molecule has 0 aliphatic rings. The number of hydrogen-bond donors (Lipinski definition) is 4. The zero-order valence-corrected chi connectivity index (χ0v) is 9.60. The van der Waals surface area contributed by atoms with E-state index in [2.05, 4.69) is 20.2 Å². The van der Waals surface area contributed by atoms with Gasteiger partial charge in [-0.15, -0.1) is 0 Å². The molecule has 1 atom stereocenters. The summed E-state index contributed by atoms with van der Waals surface area (Å²) < 4.78 is 0. The second kappa shape index (κ2) is 4.15. The molecule has 2 heterocycles. The minimum Gasteiger partial charge on any atom is -0.361 e. The average molecular weight is 243 g/mol. The van der Waals surface area contributed by atoms with Crippen LogP contribution in [0.25, 0.3) is 10.9 Å². The summed E-state index contributed by atoms with van der Waals surface area (Å²) in [5, 5.41) is 7.31. The number of nitrogens with one attached hydrogen (secondary N) is 3. The van der Waals surface area contributed by atoms with Crippen molar-refractivity contribution in [1.82, 2.24) is 20.2 Å². The number of fused-ring (bicyclic) bond motifs is 1. The lowest BCUT2D eigenvalue weighted by Crippen LogP contribution is -2.15. The molecule has 6 heteroatoms. The van der Waals surface area contributed by atoms with Crippen molar-refractivity contribution in [3.05, 3.63) is 52.3 Å². The molecule has 92 valence electrons. The van der Waals surface area contributed by atoms with Gasteiger partial charge >= 0.3 is 5.69 Å². The molecule has 3 aromatic rings. The summed E-state index contributed by atoms with van der Waals surface area (Å²) in [6.07, 6.45) is 2.56. The van der Waals surface area contributed by atoms with Crippen molar-refractivity contribution < 1.29 is 0 Å². The molecule has 0 aliphatic heterocycles. The van der Waals surface area contributed by atoms with Crippen LogP contribution in [0, 0.1) is 0 Å². The molecule has 0 radical (unpaired) electrons. The first kappa shape index (κ1) is 10.8. The number of rotatable bonds is 3. The lowest BCUT2D eigenvalue weighted by atomic mass is 10.1. The van der Waals surface area contributed by atoms with Crippen LogP contribution < -0.4 is 11.4 Å². The summed E-state index contributed by atoms with van der Waals surface area (Å²) in [6, 6.07) is 7.69. The quantitative estimate of drug-likeness (QED) is 0.547. The second-order valence-corrected chi connectivity index (χ2v) is 4.23. The van der Waals surface area contributed by atoms with E-state index in [1.165, 1.54) is 0 Å². The molecule has 0 saturated carbocycles. The summed E-state index contributed by atoms with van der Waals surface area (Å²) in [5.74, 6) is 0.477. The van der Waals surface area contributed by atoms with E-state index in [0.717, 1.165) is 16.5 Å². The Kier molecular flexibility index (Phi) is 2.49. The smallest absolute Gasteiger partial charge is 0.340 e. The number of nitrogens with two attached hydrogens (primary N) is 1. The lowest BCUT2D eigenvalue weighted by Gasteiger charge is -2.06. The zero-order valence-electron chi connectivity index (χ0n) is 9.60. The van der Waals surface area contributed by atoms with Crippen molar-refractivity contribution in [2.45, 2.75) is 12.5 Å². The Balaban J connectivity index is 1.90. The molecule has 0 saturated heterocycles. The van der Waals surface area contributed by atoms with E-state index in [1.807, 2.05) is 30.5 Å². The van der Waals surface area contributed by atoms with E-state index in [1.54, 1.807) is 0 Å². The number of benzene rings is 1. The topological polar surface area (TPSA) is 103 Å². The lowest BCUT2D eigenvalue weighted by molar-refractivity contribution is 0.673. The van der Waals surface area contributed by atoms with Gasteiger partial charge in [0.05, 0.1) is 6.04 Å². The summed E-state index contributed by atoms with van der Waals surface area (Å²) in [6.45, 7) is 0. The largest absolute Gasteiger partial charge is 0.361 e. The highest BCUT2D eigenvalue weighted by atomic mass is 16.1. The average Bonchev–Trinajstić information content (AvgIpc) is 2.97. The van der Waals surface area contributed by atoms with Crippen LogP contribution >= 0.6 is 0 Å². The molecule has 2 aromatic heterocycles. The molecule has 0 bridgehead atoms. The monoisotopic (exact) mass is 243 g/mol. The third-order valence-electron chi connectivity index (χ3n) is 2.99. The Morgan fingerprint density at radius 3 is 2.94 bits per heavy atom. The van der Waals surface area contributed by atoms with E-state index in [4.69, 9.17) is 5.73 Å². The molecule has 6 nitrogen and oxygen atoms in total. The normalized spacial score (nSPS) is 12.9. The van der Waals surface area contributed by atoms with Gasteiger partial charge in [-0.2, -0.15) is 5.10 Å². The molecule has 0 spiro atoms. The minimum atomic E-state index is -0.334. The van der Waals surface area contributed by atoms with Crippen LogP contribution in [0.4, 0.5) is 0 Å². The van der Waals surface area contributed by atoms with Crippen LogP contribution in [-0.2, 0) is 6.42 Å². The van der Waals surface area contributed by atoms with E-state index >= 15 is 0 Å². The van der Waals surface area contributed by atoms with Gasteiger partial charge < -0.3 is 10.7 Å². The van der Waals surface area contributed by atoms with Crippen molar-refractivity contribution in [3.63, 3.8) is 0 Å². The van der Waals surface area contributed by atoms with Crippen LogP contribution in [0.1, 0.15) is 17.4 Å². The number of para-hydroxylation sites is 1. The number of hydrogen-bond acceptors (Lipinski definition) is 3. The molecule has 18 heavy (non-hydrogen) atoms. The molecule has 0 amide bonds. The predicted molar refractivity (Wildman–Crippen MR) is 68.1 cm³/mol. The van der Waals surface area contributed by atoms with Crippen LogP contribution in [0.15, 0.2) is 35.3 Å². The fraction of sp³-hybridized carbons (Fsp3) is 0.167. The van der Waals surface area contributed by atoms with Gasteiger partial charge in [-0.05, 0) is 18.1 Å². The molecule has 0 fully saturated rings. The van der Waals surface area contributed by atoms with Crippen LogP contribution in [0.2, 0.25) is 0 Å². The van der Waals surface area contributed by atoms with Crippen molar-refractivity contribution in [2.75, 3.05) is 0 Å². The predicted octanol–water partition coefficient (Wildman–Crippen LogP) is 0.822. The van der Waals surface area contributed by atoms with Crippen molar-refractivity contribution >= 4 is 10.9 Å². The fourth-order valence-electron chi connectivity index (χ4n) is 2.09. The molecule has 0 unspecified atom stereocenters. The SMILES string of the molecule is N[C@@H](Cc1c[nH]c2ccccc12)c1n[nH]c(=O)[nH]1. The number of aromatic amines is 3. The van der Waals surface area contributed by atoms with Gasteiger partial charge in [-0.3, -0.25) is 4.98 Å². The number of nitrogens with zero attached hydrogens (tertiary/aromatic N) is 1. The molecule has 3 rings (SSSR count). The minimum absolute atomic E-state index is 0.330. The number of aromatic nitrogens is 4. The summed E-state index contributed by atoms with van der Waals surface area (Å²) in [7, 11) is 0. The fourth-order valence-corrected chi connectivity index (χ4v) is 2.09. The van der Waals surface area contributed by atoms with Gasteiger partial charge in [0, 0.05) is 17.1 Å². The van der Waals surface area contributed by atoms with Crippen LogP contribution in [0.5, 0.6) is 0 Å². The van der Waals surface area contributed by atoms with Crippen molar-refractivity contribution in [2.24, 2.45) is 5.73 Å². The highest BCUT2D eigenvalue weighted by molar-refractivity contribution is 5.83. The Hall–Kier alpha value is -2.34. The third-order valence-corrected chi connectivity index (χ3v) is 2.99. The van der Waals surface area contributed by atoms with Gasteiger partial charge in [-0.25, -0.2) is 9.89 Å². The molecule has 1 aromatic carbocycles. The Bertz CT molecular complexity index is 723. The Labute approximate surface area is 102 Å².